The van der Waals surface area contributed by atoms with Crippen molar-refractivity contribution in [3.05, 3.63) is 35.9 Å². The lowest BCUT2D eigenvalue weighted by molar-refractivity contribution is -0.124. The number of amides is 3. The molecule has 1 aromatic rings. The van der Waals surface area contributed by atoms with Gasteiger partial charge in [0.15, 0.2) is 5.78 Å². The lowest BCUT2D eigenvalue weighted by atomic mass is 9.82. The molecule has 5 heteroatoms. The minimum atomic E-state index is -1.04. The van der Waals surface area contributed by atoms with E-state index in [-0.39, 0.29) is 11.7 Å². The van der Waals surface area contributed by atoms with Gasteiger partial charge in [-0.05, 0) is 19.3 Å². The van der Waals surface area contributed by atoms with E-state index in [1.54, 1.807) is 24.3 Å². The van der Waals surface area contributed by atoms with Crippen molar-refractivity contribution in [1.29, 1.82) is 0 Å². The summed E-state index contributed by atoms with van der Waals surface area (Å²) in [6.45, 7) is 0. The summed E-state index contributed by atoms with van der Waals surface area (Å²) < 4.78 is 0. The van der Waals surface area contributed by atoms with Crippen molar-refractivity contribution >= 4 is 17.7 Å². The summed E-state index contributed by atoms with van der Waals surface area (Å²) in [5.41, 5.74) is -0.452. The Morgan fingerprint density at radius 1 is 1.21 bits per heavy atom. The molecule has 98 valence electrons. The van der Waals surface area contributed by atoms with Gasteiger partial charge in [-0.1, -0.05) is 30.3 Å². The quantitative estimate of drug-likeness (QED) is 0.619. The van der Waals surface area contributed by atoms with Crippen LogP contribution in [0.2, 0.25) is 0 Å². The zero-order valence-electron chi connectivity index (χ0n) is 10.3. The molecule has 2 N–H and O–H groups in total. The molecule has 1 saturated heterocycles. The number of Topliss-reactive ketones (excluding diaryl/α,β-unsaturated/α-hetero) is 1. The smallest absolute Gasteiger partial charge is 0.322 e. The monoisotopic (exact) mass is 258 g/mol. The number of imide groups is 1. The van der Waals surface area contributed by atoms with Crippen LogP contribution in [-0.4, -0.2) is 23.3 Å². The largest absolute Gasteiger partial charge is 0.323 e. The Labute approximate surface area is 110 Å². The second-order valence-electron chi connectivity index (χ2n) is 5.05. The standard InChI is InChI=1S/C14H14N2O3/c17-11(9-5-2-1-3-6-9)10-7-4-8-14(10)12(18)15-13(19)16-14/h1-3,5-6,10H,4,7-8H2,(H2,15,16,18,19). The van der Waals surface area contributed by atoms with Gasteiger partial charge in [-0.2, -0.15) is 0 Å². The number of ketones is 1. The third-order valence-electron chi connectivity index (χ3n) is 4.00. The molecule has 1 aliphatic heterocycles. The summed E-state index contributed by atoms with van der Waals surface area (Å²) in [6, 6.07) is 8.40. The predicted molar refractivity (Wildman–Crippen MR) is 67.5 cm³/mol. The van der Waals surface area contributed by atoms with Crippen LogP contribution in [0.25, 0.3) is 0 Å². The summed E-state index contributed by atoms with van der Waals surface area (Å²) >= 11 is 0. The highest BCUT2D eigenvalue weighted by atomic mass is 16.2. The Kier molecular flexibility index (Phi) is 2.62. The lowest BCUT2D eigenvalue weighted by Gasteiger charge is -2.26. The Hall–Kier alpha value is -2.17. The van der Waals surface area contributed by atoms with E-state index < -0.39 is 17.5 Å². The number of hydrogen-bond donors (Lipinski definition) is 2. The molecule has 3 amide bonds. The van der Waals surface area contributed by atoms with Crippen molar-refractivity contribution in [1.82, 2.24) is 10.6 Å². The normalized spacial score (nSPS) is 29.4. The molecular weight excluding hydrogens is 244 g/mol. The number of rotatable bonds is 2. The van der Waals surface area contributed by atoms with Gasteiger partial charge in [-0.15, -0.1) is 0 Å². The van der Waals surface area contributed by atoms with E-state index >= 15 is 0 Å². The topological polar surface area (TPSA) is 75.3 Å². The molecule has 2 aliphatic rings. The van der Waals surface area contributed by atoms with Gasteiger partial charge in [0.2, 0.25) is 0 Å². The van der Waals surface area contributed by atoms with Crippen LogP contribution >= 0.6 is 0 Å². The first-order valence-corrected chi connectivity index (χ1v) is 6.36. The van der Waals surface area contributed by atoms with Crippen molar-refractivity contribution < 1.29 is 14.4 Å². The highest BCUT2D eigenvalue weighted by Crippen LogP contribution is 2.39. The minimum Gasteiger partial charge on any atom is -0.323 e. The molecule has 0 aromatic heterocycles. The van der Waals surface area contributed by atoms with Crippen LogP contribution in [0, 0.1) is 5.92 Å². The molecule has 0 bridgehead atoms. The Bertz CT molecular complexity index is 555. The second kappa shape index (κ2) is 4.19. The number of benzene rings is 1. The number of urea groups is 1. The van der Waals surface area contributed by atoms with Gasteiger partial charge in [0.1, 0.15) is 5.54 Å². The molecule has 5 nitrogen and oxygen atoms in total. The van der Waals surface area contributed by atoms with E-state index in [1.807, 2.05) is 6.07 Å². The molecule has 2 unspecified atom stereocenters. The van der Waals surface area contributed by atoms with Crippen molar-refractivity contribution in [3.8, 4) is 0 Å². The maximum absolute atomic E-state index is 12.5. The zero-order chi connectivity index (χ0) is 13.5. The van der Waals surface area contributed by atoms with Crippen molar-refractivity contribution in [2.24, 2.45) is 5.92 Å². The fraction of sp³-hybridized carbons (Fsp3) is 0.357. The molecule has 1 aromatic carbocycles. The Morgan fingerprint density at radius 2 is 1.95 bits per heavy atom. The lowest BCUT2D eigenvalue weighted by Crippen LogP contribution is -2.52. The molecule has 1 aliphatic carbocycles. The number of hydrogen-bond acceptors (Lipinski definition) is 3. The summed E-state index contributed by atoms with van der Waals surface area (Å²) in [6.07, 6.45) is 1.91. The molecule has 2 atom stereocenters. The fourth-order valence-electron chi connectivity index (χ4n) is 3.09. The third kappa shape index (κ3) is 1.73. The zero-order valence-corrected chi connectivity index (χ0v) is 10.3. The first kappa shape index (κ1) is 11.9. The van der Waals surface area contributed by atoms with E-state index in [2.05, 4.69) is 10.6 Å². The molecule has 2 fully saturated rings. The number of nitrogens with one attached hydrogen (secondary N) is 2. The van der Waals surface area contributed by atoms with E-state index in [0.717, 1.165) is 6.42 Å². The summed E-state index contributed by atoms with van der Waals surface area (Å²) in [5, 5.41) is 4.90. The van der Waals surface area contributed by atoms with Gasteiger partial charge in [0.05, 0.1) is 5.92 Å². The Balaban J connectivity index is 1.94. The van der Waals surface area contributed by atoms with Crippen LogP contribution in [0.15, 0.2) is 30.3 Å². The highest BCUT2D eigenvalue weighted by Gasteiger charge is 2.56. The van der Waals surface area contributed by atoms with Crippen LogP contribution in [0.1, 0.15) is 29.6 Å². The second-order valence-corrected chi connectivity index (χ2v) is 5.05. The number of carbonyl (C=O) groups is 3. The summed E-state index contributed by atoms with van der Waals surface area (Å²) in [7, 11) is 0. The first-order valence-electron chi connectivity index (χ1n) is 6.36. The average Bonchev–Trinajstić information content (AvgIpc) is 2.95. The Morgan fingerprint density at radius 3 is 2.58 bits per heavy atom. The van der Waals surface area contributed by atoms with Gasteiger partial charge >= 0.3 is 6.03 Å². The van der Waals surface area contributed by atoms with Gasteiger partial charge in [-0.25, -0.2) is 4.79 Å². The van der Waals surface area contributed by atoms with Crippen molar-refractivity contribution in [2.45, 2.75) is 24.8 Å². The van der Waals surface area contributed by atoms with Gasteiger partial charge in [0.25, 0.3) is 5.91 Å². The molecule has 1 spiro atoms. The van der Waals surface area contributed by atoms with Crippen LogP contribution < -0.4 is 10.6 Å². The van der Waals surface area contributed by atoms with Crippen molar-refractivity contribution in [3.63, 3.8) is 0 Å². The average molecular weight is 258 g/mol. The molecule has 3 rings (SSSR count). The van der Waals surface area contributed by atoms with Crippen molar-refractivity contribution in [2.75, 3.05) is 0 Å². The van der Waals surface area contributed by atoms with E-state index in [9.17, 15) is 14.4 Å². The van der Waals surface area contributed by atoms with Crippen LogP contribution in [0.3, 0.4) is 0 Å². The van der Waals surface area contributed by atoms with Crippen LogP contribution in [0.5, 0.6) is 0 Å². The molecular formula is C14H14N2O3. The highest BCUT2D eigenvalue weighted by molar-refractivity contribution is 6.12. The fourth-order valence-corrected chi connectivity index (χ4v) is 3.09. The molecule has 19 heavy (non-hydrogen) atoms. The van der Waals surface area contributed by atoms with E-state index in [1.165, 1.54) is 0 Å². The van der Waals surface area contributed by atoms with Gasteiger partial charge in [0, 0.05) is 5.56 Å². The maximum atomic E-state index is 12.5. The number of carbonyl (C=O) groups excluding carboxylic acids is 3. The van der Waals surface area contributed by atoms with Gasteiger partial charge < -0.3 is 5.32 Å². The molecule has 1 heterocycles. The van der Waals surface area contributed by atoms with Crippen LogP contribution in [-0.2, 0) is 4.79 Å². The van der Waals surface area contributed by atoms with E-state index in [0.29, 0.717) is 18.4 Å². The minimum absolute atomic E-state index is 0.0737. The SMILES string of the molecule is O=C1NC(=O)C2(CCCC2C(=O)c2ccccc2)N1. The maximum Gasteiger partial charge on any atom is 0.322 e. The van der Waals surface area contributed by atoms with Crippen LogP contribution in [0.4, 0.5) is 4.79 Å². The molecule has 1 saturated carbocycles. The first-order chi connectivity index (χ1) is 9.13. The van der Waals surface area contributed by atoms with E-state index in [4.69, 9.17) is 0 Å². The van der Waals surface area contributed by atoms with Gasteiger partial charge in [-0.3, -0.25) is 14.9 Å². The summed E-state index contributed by atoms with van der Waals surface area (Å²) in [5.74, 6) is -0.916. The predicted octanol–water partition coefficient (Wildman–Crippen LogP) is 1.25. The molecule has 0 radical (unpaired) electrons. The summed E-state index contributed by atoms with van der Waals surface area (Å²) in [4.78, 5) is 35.9. The third-order valence-corrected chi connectivity index (χ3v) is 4.00.